The normalized spacial score (nSPS) is 16.0. The van der Waals surface area contributed by atoms with Crippen molar-refractivity contribution in [3.8, 4) is 11.5 Å². The highest BCUT2D eigenvalue weighted by Crippen LogP contribution is 2.29. The van der Waals surface area contributed by atoms with Gasteiger partial charge in [-0.2, -0.15) is 0 Å². The average molecular weight is 374 g/mol. The van der Waals surface area contributed by atoms with Gasteiger partial charge in [-0.1, -0.05) is 42.5 Å². The number of benzene rings is 3. The van der Waals surface area contributed by atoms with Crippen molar-refractivity contribution in [1.82, 2.24) is 4.90 Å². The number of hydrogen-bond acceptors (Lipinski definition) is 4. The lowest BCUT2D eigenvalue weighted by molar-refractivity contribution is 0.251. The van der Waals surface area contributed by atoms with E-state index in [2.05, 4.69) is 23.1 Å². The van der Waals surface area contributed by atoms with Gasteiger partial charge in [-0.25, -0.2) is 0 Å². The molecule has 1 N–H and O–H groups in total. The van der Waals surface area contributed by atoms with Gasteiger partial charge in [-0.05, 0) is 60.5 Å². The summed E-state index contributed by atoms with van der Waals surface area (Å²) in [4.78, 5) is 7.26. The zero-order valence-electron chi connectivity index (χ0n) is 16.2. The lowest BCUT2D eigenvalue weighted by atomic mass is 10.0. The second kappa shape index (κ2) is 8.44. The van der Waals surface area contributed by atoms with Gasteiger partial charge in [0, 0.05) is 11.8 Å². The van der Waals surface area contributed by atoms with Crippen LogP contribution in [-0.4, -0.2) is 43.0 Å². The molecule has 144 valence electrons. The van der Waals surface area contributed by atoms with Crippen LogP contribution in [0, 0.1) is 0 Å². The number of rotatable bonds is 6. The molecule has 0 bridgehead atoms. The first-order valence-corrected chi connectivity index (χ1v) is 9.85. The SMILES string of the molecule is COc1cccc([C@@H](CN=Cc2c(O)ccc3ccccc23)N2CCCC2)c1. The Bertz CT molecular complexity index is 977. The van der Waals surface area contributed by atoms with Crippen LogP contribution in [0.5, 0.6) is 11.5 Å². The molecule has 0 radical (unpaired) electrons. The number of aromatic hydroxyl groups is 1. The van der Waals surface area contributed by atoms with E-state index in [4.69, 9.17) is 9.73 Å². The third kappa shape index (κ3) is 3.87. The van der Waals surface area contributed by atoms with Gasteiger partial charge >= 0.3 is 0 Å². The van der Waals surface area contributed by atoms with E-state index in [1.54, 1.807) is 13.2 Å². The molecule has 0 amide bonds. The summed E-state index contributed by atoms with van der Waals surface area (Å²) < 4.78 is 5.42. The van der Waals surface area contributed by atoms with Gasteiger partial charge in [-0.3, -0.25) is 9.89 Å². The Morgan fingerprint density at radius 3 is 2.71 bits per heavy atom. The molecule has 0 unspecified atom stereocenters. The maximum atomic E-state index is 10.4. The molecular formula is C24H26N2O2. The van der Waals surface area contributed by atoms with E-state index in [1.807, 2.05) is 42.6 Å². The van der Waals surface area contributed by atoms with Gasteiger partial charge < -0.3 is 9.84 Å². The summed E-state index contributed by atoms with van der Waals surface area (Å²) in [7, 11) is 1.70. The molecule has 1 fully saturated rings. The quantitative estimate of drug-likeness (QED) is 0.630. The van der Waals surface area contributed by atoms with E-state index < -0.39 is 0 Å². The van der Waals surface area contributed by atoms with Crippen molar-refractivity contribution >= 4 is 17.0 Å². The summed E-state index contributed by atoms with van der Waals surface area (Å²) in [5.74, 6) is 1.14. The van der Waals surface area contributed by atoms with Crippen LogP contribution in [0.1, 0.15) is 30.0 Å². The Morgan fingerprint density at radius 1 is 1.07 bits per heavy atom. The van der Waals surface area contributed by atoms with Gasteiger partial charge in [0.2, 0.25) is 0 Å². The average Bonchev–Trinajstić information content (AvgIpc) is 3.27. The summed E-state index contributed by atoms with van der Waals surface area (Å²) in [6.45, 7) is 2.84. The van der Waals surface area contributed by atoms with Crippen LogP contribution in [0.4, 0.5) is 0 Å². The van der Waals surface area contributed by atoms with Crippen LogP contribution in [0.2, 0.25) is 0 Å². The molecule has 0 aliphatic carbocycles. The largest absolute Gasteiger partial charge is 0.507 e. The van der Waals surface area contributed by atoms with Crippen molar-refractivity contribution in [3.63, 3.8) is 0 Å². The number of ether oxygens (including phenoxy) is 1. The van der Waals surface area contributed by atoms with E-state index in [-0.39, 0.29) is 11.8 Å². The Kier molecular flexibility index (Phi) is 5.58. The summed E-state index contributed by atoms with van der Waals surface area (Å²) in [6.07, 6.45) is 4.28. The molecule has 28 heavy (non-hydrogen) atoms. The van der Waals surface area contributed by atoms with Gasteiger partial charge in [0.15, 0.2) is 0 Å². The third-order valence-electron chi connectivity index (χ3n) is 5.51. The number of aliphatic imine (C=N–C) groups is 1. The standard InChI is InChI=1S/C24H26N2O2/c1-28-20-9-6-8-19(15-20)23(26-13-4-5-14-26)17-25-16-22-21-10-3-2-7-18(21)11-12-24(22)27/h2-3,6-12,15-16,23,27H,4-5,13-14,17H2,1H3/t23-/m1/s1. The van der Waals surface area contributed by atoms with Crippen LogP contribution in [-0.2, 0) is 0 Å². The fourth-order valence-corrected chi connectivity index (χ4v) is 4.00. The number of nitrogens with zero attached hydrogens (tertiary/aromatic N) is 2. The molecule has 4 nitrogen and oxygen atoms in total. The van der Waals surface area contributed by atoms with Crippen LogP contribution in [0.15, 0.2) is 65.7 Å². The number of methoxy groups -OCH3 is 1. The number of likely N-dealkylation sites (tertiary alicyclic amines) is 1. The van der Waals surface area contributed by atoms with Crippen LogP contribution in [0.25, 0.3) is 10.8 Å². The molecule has 3 aromatic carbocycles. The molecule has 1 aliphatic heterocycles. The van der Waals surface area contributed by atoms with Crippen molar-refractivity contribution in [2.24, 2.45) is 4.99 Å². The third-order valence-corrected chi connectivity index (χ3v) is 5.51. The summed E-state index contributed by atoms with van der Waals surface area (Å²) >= 11 is 0. The first kappa shape index (κ1) is 18.5. The summed E-state index contributed by atoms with van der Waals surface area (Å²) in [5, 5.41) is 12.5. The number of phenols is 1. The van der Waals surface area contributed by atoms with E-state index in [1.165, 1.54) is 18.4 Å². The summed E-state index contributed by atoms with van der Waals surface area (Å²) in [6, 6.07) is 20.2. The molecule has 0 saturated carbocycles. The molecule has 3 aromatic rings. The molecule has 1 aliphatic rings. The fraction of sp³-hybridized carbons (Fsp3) is 0.292. The highest BCUT2D eigenvalue weighted by Gasteiger charge is 2.23. The fourth-order valence-electron chi connectivity index (χ4n) is 4.00. The molecule has 1 atom stereocenters. The molecule has 1 saturated heterocycles. The molecule has 4 rings (SSSR count). The zero-order chi connectivity index (χ0) is 19.3. The zero-order valence-corrected chi connectivity index (χ0v) is 16.2. The Hall–Kier alpha value is -2.85. The molecular weight excluding hydrogens is 348 g/mol. The molecule has 4 heteroatoms. The predicted molar refractivity (Wildman–Crippen MR) is 115 cm³/mol. The van der Waals surface area contributed by atoms with Crippen molar-refractivity contribution in [2.75, 3.05) is 26.7 Å². The monoisotopic (exact) mass is 374 g/mol. The Morgan fingerprint density at radius 2 is 1.89 bits per heavy atom. The molecule has 1 heterocycles. The maximum Gasteiger partial charge on any atom is 0.124 e. The highest BCUT2D eigenvalue weighted by atomic mass is 16.5. The number of phenolic OH excluding ortho intramolecular Hbond substituents is 1. The lowest BCUT2D eigenvalue weighted by Crippen LogP contribution is -2.27. The van der Waals surface area contributed by atoms with Gasteiger partial charge in [-0.15, -0.1) is 0 Å². The minimum absolute atomic E-state index is 0.214. The van der Waals surface area contributed by atoms with E-state index in [0.717, 1.165) is 35.2 Å². The van der Waals surface area contributed by atoms with E-state index in [0.29, 0.717) is 6.54 Å². The van der Waals surface area contributed by atoms with Crippen LogP contribution in [0.3, 0.4) is 0 Å². The van der Waals surface area contributed by atoms with Gasteiger partial charge in [0.25, 0.3) is 0 Å². The predicted octanol–water partition coefficient (Wildman–Crippen LogP) is 4.81. The lowest BCUT2D eigenvalue weighted by Gasteiger charge is -2.26. The minimum Gasteiger partial charge on any atom is -0.507 e. The van der Waals surface area contributed by atoms with E-state index in [9.17, 15) is 5.11 Å². The van der Waals surface area contributed by atoms with Crippen molar-refractivity contribution in [2.45, 2.75) is 18.9 Å². The molecule has 0 spiro atoms. The Balaban J connectivity index is 1.62. The number of hydrogen-bond donors (Lipinski definition) is 1. The van der Waals surface area contributed by atoms with Gasteiger partial charge in [0.1, 0.15) is 11.5 Å². The maximum absolute atomic E-state index is 10.4. The Labute approximate surface area is 166 Å². The van der Waals surface area contributed by atoms with Crippen molar-refractivity contribution < 1.29 is 9.84 Å². The molecule has 0 aromatic heterocycles. The minimum atomic E-state index is 0.214. The second-order valence-electron chi connectivity index (χ2n) is 7.25. The smallest absolute Gasteiger partial charge is 0.124 e. The van der Waals surface area contributed by atoms with Crippen LogP contribution < -0.4 is 4.74 Å². The van der Waals surface area contributed by atoms with Crippen molar-refractivity contribution in [1.29, 1.82) is 0 Å². The first-order valence-electron chi connectivity index (χ1n) is 9.85. The van der Waals surface area contributed by atoms with Gasteiger partial charge in [0.05, 0.1) is 19.7 Å². The van der Waals surface area contributed by atoms with Crippen molar-refractivity contribution in [3.05, 3.63) is 71.8 Å². The van der Waals surface area contributed by atoms with Crippen LogP contribution >= 0.6 is 0 Å². The topological polar surface area (TPSA) is 45.1 Å². The van der Waals surface area contributed by atoms with E-state index >= 15 is 0 Å². The summed E-state index contributed by atoms with van der Waals surface area (Å²) in [5.41, 5.74) is 2.00. The highest BCUT2D eigenvalue weighted by molar-refractivity contribution is 6.02. The second-order valence-corrected chi connectivity index (χ2v) is 7.25. The first-order chi connectivity index (χ1) is 13.8. The number of fused-ring (bicyclic) bond motifs is 1.